The molecule has 2 rings (SSSR count). The molecule has 2 radical (unpaired) electrons. The van der Waals surface area contributed by atoms with E-state index in [-0.39, 0.29) is 34.1 Å². The van der Waals surface area contributed by atoms with Crippen LogP contribution >= 0.6 is 0 Å². The Morgan fingerprint density at radius 1 is 0.395 bits per heavy atom. The van der Waals surface area contributed by atoms with Crippen LogP contribution in [0.1, 0.15) is 122 Å². The molecule has 0 aromatic rings. The van der Waals surface area contributed by atoms with Gasteiger partial charge in [-0.2, -0.15) is 0 Å². The molecule has 4 atom stereocenters. The van der Waals surface area contributed by atoms with E-state index >= 15 is 0 Å². The molecule has 0 bridgehead atoms. The van der Waals surface area contributed by atoms with E-state index in [4.69, 9.17) is 18.6 Å². The molecule has 224 valence electrons. The van der Waals surface area contributed by atoms with Crippen LogP contribution in [0.15, 0.2) is 0 Å². The Morgan fingerprint density at radius 2 is 0.500 bits per heavy atom. The summed E-state index contributed by atoms with van der Waals surface area (Å²) in [6.07, 6.45) is 8.70. The van der Waals surface area contributed by atoms with Gasteiger partial charge in [-0.15, -0.1) is 0 Å². The molecule has 38 heavy (non-hydrogen) atoms. The van der Waals surface area contributed by atoms with Gasteiger partial charge in [-0.25, -0.2) is 0 Å². The minimum atomic E-state index is 0. The van der Waals surface area contributed by atoms with Crippen molar-refractivity contribution < 1.29 is 52.7 Å². The van der Waals surface area contributed by atoms with Crippen LogP contribution < -0.4 is 0 Å². The first-order chi connectivity index (χ1) is 16.4. The second-order valence-electron chi connectivity index (χ2n) is 13.9. The van der Waals surface area contributed by atoms with Crippen molar-refractivity contribution in [1.82, 2.24) is 0 Å². The Morgan fingerprint density at radius 3 is 0.553 bits per heavy atom. The fourth-order valence-corrected chi connectivity index (χ4v) is 5.11. The van der Waals surface area contributed by atoms with E-state index in [1.807, 2.05) is 0 Å². The first-order valence-electron chi connectivity index (χ1n) is 12.4. The molecule has 0 amide bonds. The number of hydrogen-bond donors (Lipinski definition) is 0. The van der Waals surface area contributed by atoms with Crippen molar-refractivity contribution in [3.63, 3.8) is 0 Å². The molecule has 2 aliphatic rings. The van der Waals surface area contributed by atoms with Gasteiger partial charge in [0.25, 0.3) is 0 Å². The van der Waals surface area contributed by atoms with Crippen LogP contribution in [0.4, 0.5) is 0 Å². The summed E-state index contributed by atoms with van der Waals surface area (Å²) in [5.74, 6) is 3.82. The Bertz CT molecular complexity index is 499. The maximum atomic E-state index is 7.50. The van der Waals surface area contributed by atoms with Crippen LogP contribution in [0.25, 0.3) is 0 Å². The fourth-order valence-electron chi connectivity index (χ4n) is 5.11. The number of rotatable bonds is 0. The van der Waals surface area contributed by atoms with Crippen LogP contribution in [-0.4, -0.2) is 28.4 Å². The van der Waals surface area contributed by atoms with Gasteiger partial charge in [0.15, 0.2) is 0 Å². The SMILES string of the molecule is CC(C)(C)C1CCC(C(C)(C)C)C1.CC(C)(C)C1CCC(C(C)(C)C)C1.[C-]#[O+].[C-]#[O+].[C-]#[O+].[C-]#[O+].[Fe].[Fe].[Se][Se]. The van der Waals surface area contributed by atoms with E-state index in [0.717, 1.165) is 23.7 Å². The zero-order chi connectivity index (χ0) is 30.6. The summed E-state index contributed by atoms with van der Waals surface area (Å²) in [6.45, 7) is 46.7. The van der Waals surface area contributed by atoms with Gasteiger partial charge in [-0.1, -0.05) is 83.1 Å². The van der Waals surface area contributed by atoms with Gasteiger partial charge in [0.1, 0.15) is 0 Å². The third-order valence-corrected chi connectivity index (χ3v) is 7.76. The monoisotopic (exact) mass is 748 g/mol. The Kier molecular flexibility index (Phi) is 40.8. The second kappa shape index (κ2) is 28.2. The quantitative estimate of drug-likeness (QED) is 0.137. The van der Waals surface area contributed by atoms with Gasteiger partial charge in [-0.3, -0.25) is 0 Å². The van der Waals surface area contributed by atoms with E-state index in [2.05, 4.69) is 138 Å². The minimum absolute atomic E-state index is 0. The molecule has 0 aliphatic heterocycles. The van der Waals surface area contributed by atoms with Gasteiger partial charge in [0.05, 0.1) is 0 Å². The first kappa shape index (κ1) is 55.0. The van der Waals surface area contributed by atoms with Crippen molar-refractivity contribution in [3.8, 4) is 0 Å². The molecule has 2 aliphatic carbocycles. The summed E-state index contributed by atoms with van der Waals surface area (Å²) in [4.78, 5) is 0. The second-order valence-corrected chi connectivity index (χ2v) is 13.9. The topological polar surface area (TPSA) is 79.6 Å². The summed E-state index contributed by atoms with van der Waals surface area (Å²) in [5, 5.41) is 0. The van der Waals surface area contributed by atoms with E-state index < -0.39 is 0 Å². The van der Waals surface area contributed by atoms with Crippen LogP contribution in [0.2, 0.25) is 0 Å². The van der Waals surface area contributed by atoms with Crippen molar-refractivity contribution >= 4 is 28.4 Å². The molecule has 0 N–H and O–H groups in total. The average molecular weight is 746 g/mol. The summed E-state index contributed by atoms with van der Waals surface area (Å²) in [6, 6.07) is 0. The Balaban J connectivity index is -0.0000000731. The van der Waals surface area contributed by atoms with Gasteiger partial charge >= 0.3 is 73.6 Å². The average Bonchev–Trinajstić information content (AvgIpc) is 3.51. The molecule has 8 heteroatoms. The molecule has 4 unspecified atom stereocenters. The molecule has 4 nitrogen and oxygen atoms in total. The van der Waals surface area contributed by atoms with Gasteiger partial charge in [0, 0.05) is 34.1 Å². The predicted octanol–water partition coefficient (Wildman–Crippen LogP) is 8.07. The third-order valence-electron chi connectivity index (χ3n) is 7.76. The van der Waals surface area contributed by atoms with Crippen molar-refractivity contribution in [2.75, 3.05) is 0 Å². The van der Waals surface area contributed by atoms with Gasteiger partial charge in [-0.05, 0) is 83.9 Å². The van der Waals surface area contributed by atoms with Crippen LogP contribution in [0.3, 0.4) is 0 Å². The van der Waals surface area contributed by atoms with Crippen LogP contribution in [-0.2, 0) is 52.7 Å². The van der Waals surface area contributed by atoms with E-state index in [0.29, 0.717) is 21.7 Å². The van der Waals surface area contributed by atoms with E-state index in [1.54, 1.807) is 0 Å². The van der Waals surface area contributed by atoms with Crippen LogP contribution in [0, 0.1) is 71.9 Å². The van der Waals surface area contributed by atoms with E-state index in [1.165, 1.54) is 38.5 Å². The maximum absolute atomic E-state index is 7.50. The van der Waals surface area contributed by atoms with Crippen molar-refractivity contribution in [2.45, 2.75) is 122 Å². The predicted molar refractivity (Wildman–Crippen MR) is 147 cm³/mol. The van der Waals surface area contributed by atoms with Crippen LogP contribution in [0.5, 0.6) is 0 Å². The Labute approximate surface area is 272 Å². The first-order valence-corrected chi connectivity index (χ1v) is 16.7. The zero-order valence-electron chi connectivity index (χ0n) is 25.7. The molecular formula is C30H52Fe2O4Se2. The molecule has 0 spiro atoms. The molecule has 0 saturated heterocycles. The molecule has 2 fully saturated rings. The summed E-state index contributed by atoms with van der Waals surface area (Å²) < 4.78 is 30.0. The zero-order valence-corrected chi connectivity index (χ0v) is 31.3. The normalized spacial score (nSPS) is 21.5. The third kappa shape index (κ3) is 26.0. The Hall–Kier alpha value is 1.04. The molecule has 0 heterocycles. The molecule has 0 aromatic carbocycles. The molecular weight excluding hydrogens is 694 g/mol. The number of hydrogen-bond acceptors (Lipinski definition) is 0. The molecule has 0 aromatic heterocycles. The van der Waals surface area contributed by atoms with Crippen molar-refractivity contribution in [3.05, 3.63) is 26.6 Å². The van der Waals surface area contributed by atoms with Crippen molar-refractivity contribution in [1.29, 1.82) is 0 Å². The molecule has 2 saturated carbocycles. The van der Waals surface area contributed by atoms with Gasteiger partial charge < -0.3 is 0 Å². The fraction of sp³-hybridized carbons (Fsp3) is 0.867. The summed E-state index contributed by atoms with van der Waals surface area (Å²) in [5.41, 5.74) is 2.11. The van der Waals surface area contributed by atoms with E-state index in [9.17, 15) is 0 Å². The summed E-state index contributed by atoms with van der Waals surface area (Å²) >= 11 is 5.00. The standard InChI is InChI=1S/2C13H26.4CO.2Fe.Se2/c2*1-12(2,3)10-7-8-11(9-10)13(4,5)6;4*1-2;;;1-2/h2*10-11H,7-9H2,1-6H3;;;;;;;. The van der Waals surface area contributed by atoms with Gasteiger partial charge in [0.2, 0.25) is 0 Å². The summed E-state index contributed by atoms with van der Waals surface area (Å²) in [7, 11) is 0. The van der Waals surface area contributed by atoms with Crippen molar-refractivity contribution in [2.24, 2.45) is 45.3 Å².